The van der Waals surface area contributed by atoms with E-state index in [2.05, 4.69) is 0 Å². The van der Waals surface area contributed by atoms with Gasteiger partial charge in [-0.15, -0.1) is 0 Å². The Labute approximate surface area is 127 Å². The van der Waals surface area contributed by atoms with Gasteiger partial charge in [-0.3, -0.25) is 9.59 Å². The molecule has 1 rings (SSSR count). The maximum Gasteiger partial charge on any atom is 0.242 e. The second kappa shape index (κ2) is 6.71. The zero-order valence-corrected chi connectivity index (χ0v) is 13.6. The summed E-state index contributed by atoms with van der Waals surface area (Å²) in [5.74, 6) is -0.452. The van der Waals surface area contributed by atoms with Gasteiger partial charge in [-0.2, -0.15) is 0 Å². The summed E-state index contributed by atoms with van der Waals surface area (Å²) in [6.07, 6.45) is 0. The Morgan fingerprint density at radius 2 is 1.90 bits per heavy atom. The summed E-state index contributed by atoms with van der Waals surface area (Å²) >= 11 is 6.77. The minimum atomic E-state index is -3.63. The van der Waals surface area contributed by atoms with Crippen LogP contribution in [0.15, 0.2) is 23.1 Å². The van der Waals surface area contributed by atoms with Crippen LogP contribution in [0.2, 0.25) is 5.02 Å². The molecule has 0 amide bonds. The van der Waals surface area contributed by atoms with Crippen molar-refractivity contribution >= 4 is 44.3 Å². The second-order valence-electron chi connectivity index (χ2n) is 4.13. The first kappa shape index (κ1) is 17.2. The summed E-state index contributed by atoms with van der Waals surface area (Å²) in [4.78, 5) is 22.8. The number of rotatable bonds is 5. The van der Waals surface area contributed by atoms with E-state index in [0.717, 1.165) is 16.1 Å². The Bertz CT molecular complexity index is 641. The molecule has 5 nitrogen and oxygen atoms in total. The van der Waals surface area contributed by atoms with E-state index in [1.165, 1.54) is 39.2 Å². The van der Waals surface area contributed by atoms with Crippen molar-refractivity contribution in [3.8, 4) is 0 Å². The quantitative estimate of drug-likeness (QED) is 0.770. The molecule has 8 heteroatoms. The van der Waals surface area contributed by atoms with E-state index < -0.39 is 10.0 Å². The topological polar surface area (TPSA) is 71.5 Å². The minimum absolute atomic E-state index is 0.0110. The van der Waals surface area contributed by atoms with Crippen molar-refractivity contribution in [1.82, 2.24) is 4.31 Å². The van der Waals surface area contributed by atoms with Crippen molar-refractivity contribution < 1.29 is 18.0 Å². The molecule has 110 valence electrons. The molecule has 0 unspecified atom stereocenters. The monoisotopic (exact) mass is 335 g/mol. The molecule has 1 aromatic rings. The zero-order valence-electron chi connectivity index (χ0n) is 11.2. The molecule has 0 radical (unpaired) electrons. The molecule has 0 N–H and O–H groups in total. The zero-order chi connectivity index (χ0) is 15.5. The largest absolute Gasteiger partial charge is 0.293 e. The van der Waals surface area contributed by atoms with Crippen molar-refractivity contribution in [3.63, 3.8) is 0 Å². The average Bonchev–Trinajstić information content (AvgIpc) is 2.35. The lowest BCUT2D eigenvalue weighted by Crippen LogP contribution is -2.22. The van der Waals surface area contributed by atoms with Gasteiger partial charge in [0.2, 0.25) is 10.0 Å². The van der Waals surface area contributed by atoms with Gasteiger partial charge >= 0.3 is 0 Å². The highest BCUT2D eigenvalue weighted by Crippen LogP contribution is 2.23. The first-order valence-electron chi connectivity index (χ1n) is 5.55. The highest BCUT2D eigenvalue weighted by atomic mass is 35.5. The lowest BCUT2D eigenvalue weighted by atomic mass is 10.1. The Hall–Kier alpha value is -0.890. The first-order valence-corrected chi connectivity index (χ1v) is 8.35. The molecule has 0 aliphatic heterocycles. The number of nitrogens with zero attached hydrogens (tertiary/aromatic N) is 1. The van der Waals surface area contributed by atoms with E-state index >= 15 is 0 Å². The van der Waals surface area contributed by atoms with E-state index in [4.69, 9.17) is 11.6 Å². The third-order valence-electron chi connectivity index (χ3n) is 2.42. The second-order valence-corrected chi connectivity index (χ2v) is 7.84. The smallest absolute Gasteiger partial charge is 0.242 e. The van der Waals surface area contributed by atoms with Crippen LogP contribution >= 0.6 is 23.4 Å². The van der Waals surface area contributed by atoms with Crippen LogP contribution in [0.1, 0.15) is 17.3 Å². The minimum Gasteiger partial charge on any atom is -0.293 e. The van der Waals surface area contributed by atoms with Crippen molar-refractivity contribution in [1.29, 1.82) is 0 Å². The van der Waals surface area contributed by atoms with Crippen molar-refractivity contribution in [2.24, 2.45) is 0 Å². The average molecular weight is 336 g/mol. The van der Waals surface area contributed by atoms with Gasteiger partial charge in [0.25, 0.3) is 0 Å². The molecule has 0 aromatic heterocycles. The van der Waals surface area contributed by atoms with E-state index in [9.17, 15) is 18.0 Å². The van der Waals surface area contributed by atoms with Gasteiger partial charge in [0, 0.05) is 26.6 Å². The summed E-state index contributed by atoms with van der Waals surface area (Å²) < 4.78 is 25.0. The molecule has 0 aliphatic rings. The van der Waals surface area contributed by atoms with Gasteiger partial charge in [0.15, 0.2) is 10.9 Å². The van der Waals surface area contributed by atoms with Crippen molar-refractivity contribution in [2.45, 2.75) is 11.8 Å². The van der Waals surface area contributed by atoms with Crippen LogP contribution in [0.5, 0.6) is 0 Å². The van der Waals surface area contributed by atoms with Crippen molar-refractivity contribution in [3.05, 3.63) is 28.8 Å². The Balaban J connectivity index is 3.16. The SMILES string of the molecule is CC(=O)SCC(=O)c1cc(S(=O)(=O)N(C)C)ccc1Cl. The predicted molar refractivity (Wildman–Crippen MR) is 79.8 cm³/mol. The molecule has 0 bridgehead atoms. The Morgan fingerprint density at radius 3 is 2.40 bits per heavy atom. The number of carbonyl (C=O) groups excluding carboxylic acids is 2. The van der Waals surface area contributed by atoms with Crippen molar-refractivity contribution in [2.75, 3.05) is 19.8 Å². The summed E-state index contributed by atoms with van der Waals surface area (Å²) in [7, 11) is -0.833. The normalized spacial score (nSPS) is 11.7. The van der Waals surface area contributed by atoms with Crippen LogP contribution in [0, 0.1) is 0 Å². The number of hydrogen-bond donors (Lipinski definition) is 0. The molecule has 0 aliphatic carbocycles. The van der Waals surface area contributed by atoms with Gasteiger partial charge in [-0.1, -0.05) is 23.4 Å². The van der Waals surface area contributed by atoms with Gasteiger partial charge < -0.3 is 0 Å². The number of Topliss-reactive ketones (excluding diaryl/α,β-unsaturated/α-hetero) is 1. The molecular formula is C12H14ClNO4S2. The number of halogens is 1. The fourth-order valence-electron chi connectivity index (χ4n) is 1.33. The van der Waals surface area contributed by atoms with E-state index in [1.54, 1.807) is 0 Å². The summed E-state index contributed by atoms with van der Waals surface area (Å²) in [5, 5.41) is -0.0246. The maximum absolute atomic E-state index is 12.0. The molecule has 1 aromatic carbocycles. The molecule has 0 saturated carbocycles. The Morgan fingerprint density at radius 1 is 1.30 bits per heavy atom. The van der Waals surface area contributed by atoms with Crippen LogP contribution in [0.4, 0.5) is 0 Å². The van der Waals surface area contributed by atoms with Gasteiger partial charge in [0.1, 0.15) is 0 Å². The van der Waals surface area contributed by atoms with E-state index in [0.29, 0.717) is 0 Å². The number of thioether (sulfide) groups is 1. The Kier molecular flexibility index (Phi) is 5.76. The molecule has 0 spiro atoms. The maximum atomic E-state index is 12.0. The first-order chi connectivity index (χ1) is 9.16. The fourth-order valence-corrected chi connectivity index (χ4v) is 2.98. The van der Waals surface area contributed by atoms with Crippen LogP contribution < -0.4 is 0 Å². The van der Waals surface area contributed by atoms with Crippen LogP contribution in [-0.2, 0) is 14.8 Å². The highest BCUT2D eigenvalue weighted by Gasteiger charge is 2.20. The summed E-state index contributed by atoms with van der Waals surface area (Å²) in [6, 6.07) is 3.94. The number of benzene rings is 1. The molecule has 20 heavy (non-hydrogen) atoms. The standard InChI is InChI=1S/C12H14ClNO4S2/c1-8(15)19-7-12(16)10-6-9(4-5-11(10)13)20(17,18)14(2)3/h4-6H,7H2,1-3H3. The molecule has 0 heterocycles. The molecule has 0 atom stereocenters. The lowest BCUT2D eigenvalue weighted by molar-refractivity contribution is -0.109. The van der Waals surface area contributed by atoms with Crippen LogP contribution in [0.3, 0.4) is 0 Å². The van der Waals surface area contributed by atoms with Crippen LogP contribution in [0.25, 0.3) is 0 Å². The third kappa shape index (κ3) is 4.05. The number of sulfonamides is 1. The summed E-state index contributed by atoms with van der Waals surface area (Å²) in [5.41, 5.74) is 0.100. The third-order valence-corrected chi connectivity index (χ3v) is 5.38. The fraction of sp³-hybridized carbons (Fsp3) is 0.333. The number of ketones is 1. The lowest BCUT2D eigenvalue weighted by Gasteiger charge is -2.12. The van der Waals surface area contributed by atoms with E-state index in [-0.39, 0.29) is 32.1 Å². The number of hydrogen-bond acceptors (Lipinski definition) is 5. The predicted octanol–water partition coefficient (Wildman–Crippen LogP) is 2.05. The van der Waals surface area contributed by atoms with Gasteiger partial charge in [0.05, 0.1) is 15.7 Å². The highest BCUT2D eigenvalue weighted by molar-refractivity contribution is 8.14. The molecule has 0 saturated heterocycles. The van der Waals surface area contributed by atoms with E-state index in [1.807, 2.05) is 0 Å². The van der Waals surface area contributed by atoms with Crippen LogP contribution in [-0.4, -0.2) is 43.5 Å². The number of carbonyl (C=O) groups is 2. The van der Waals surface area contributed by atoms with Gasteiger partial charge in [-0.05, 0) is 18.2 Å². The van der Waals surface area contributed by atoms with Gasteiger partial charge in [-0.25, -0.2) is 12.7 Å². The molecular weight excluding hydrogens is 322 g/mol. The summed E-state index contributed by atoms with van der Waals surface area (Å²) in [6.45, 7) is 1.35. The molecule has 0 fully saturated rings.